The molecule has 1 saturated carbocycles. The first-order chi connectivity index (χ1) is 6.96. The van der Waals surface area contributed by atoms with Gasteiger partial charge in [-0.1, -0.05) is 5.21 Å². The molecule has 82 valence electrons. The summed E-state index contributed by atoms with van der Waals surface area (Å²) in [6, 6.07) is 0. The summed E-state index contributed by atoms with van der Waals surface area (Å²) < 4.78 is 26.3. The molecular formula is C8H9F2N3O2. The second kappa shape index (κ2) is 3.25. The fourth-order valence-corrected chi connectivity index (χ4v) is 1.66. The molecule has 1 fully saturated rings. The van der Waals surface area contributed by atoms with Crippen molar-refractivity contribution in [3.63, 3.8) is 0 Å². The number of nitrogens with zero attached hydrogens (tertiary/aromatic N) is 3. The van der Waals surface area contributed by atoms with Crippen LogP contribution in [0.3, 0.4) is 0 Å². The Morgan fingerprint density at radius 3 is 2.80 bits per heavy atom. The molecule has 2 rings (SSSR count). The van der Waals surface area contributed by atoms with Crippen LogP contribution in [-0.2, 0) is 6.54 Å². The van der Waals surface area contributed by atoms with Gasteiger partial charge in [0.25, 0.3) is 0 Å². The third kappa shape index (κ3) is 2.11. The number of rotatable bonds is 3. The summed E-state index contributed by atoms with van der Waals surface area (Å²) >= 11 is 0. The fourth-order valence-electron chi connectivity index (χ4n) is 1.66. The predicted molar refractivity (Wildman–Crippen MR) is 44.7 cm³/mol. The lowest BCUT2D eigenvalue weighted by atomic mass is 9.81. The van der Waals surface area contributed by atoms with Gasteiger partial charge in [0, 0.05) is 19.4 Å². The normalized spacial score (nSPS) is 19.9. The summed E-state index contributed by atoms with van der Waals surface area (Å²) in [6.45, 7) is 0.301. The summed E-state index contributed by atoms with van der Waals surface area (Å²) in [5.41, 5.74) is -0.166. The van der Waals surface area contributed by atoms with Crippen LogP contribution in [0.25, 0.3) is 0 Å². The molecule has 1 N–H and O–H groups in total. The van der Waals surface area contributed by atoms with Crippen LogP contribution >= 0.6 is 0 Å². The fraction of sp³-hybridized carbons (Fsp3) is 0.625. The summed E-state index contributed by atoms with van der Waals surface area (Å²) in [6.07, 6.45) is 0.934. The molecule has 0 saturated heterocycles. The number of carbonyl (C=O) groups is 1. The van der Waals surface area contributed by atoms with Gasteiger partial charge in [0.15, 0.2) is 5.69 Å². The predicted octanol–water partition coefficient (Wildman–Crippen LogP) is 1.02. The monoisotopic (exact) mass is 217 g/mol. The van der Waals surface area contributed by atoms with Crippen molar-refractivity contribution in [1.29, 1.82) is 0 Å². The standard InChI is InChI=1S/C8H9F2N3O2/c9-8(10)1-5(2-8)3-13-4-6(7(14)15)11-12-13/h4-5H,1-3H2,(H,14,15). The molecule has 0 aromatic carbocycles. The molecule has 0 unspecified atom stereocenters. The van der Waals surface area contributed by atoms with E-state index in [9.17, 15) is 13.6 Å². The van der Waals surface area contributed by atoms with Crippen molar-refractivity contribution in [2.45, 2.75) is 25.3 Å². The summed E-state index contributed by atoms with van der Waals surface area (Å²) in [5, 5.41) is 15.5. The topological polar surface area (TPSA) is 68.0 Å². The van der Waals surface area contributed by atoms with Crippen LogP contribution in [-0.4, -0.2) is 32.0 Å². The Labute approximate surface area is 83.7 Å². The molecule has 0 radical (unpaired) electrons. The van der Waals surface area contributed by atoms with Gasteiger partial charge in [-0.25, -0.2) is 13.6 Å². The molecule has 1 aromatic heterocycles. The quantitative estimate of drug-likeness (QED) is 0.820. The Kier molecular flexibility index (Phi) is 2.17. The molecule has 0 bridgehead atoms. The van der Waals surface area contributed by atoms with Crippen LogP contribution in [0.15, 0.2) is 6.20 Å². The first-order valence-corrected chi connectivity index (χ1v) is 4.47. The lowest BCUT2D eigenvalue weighted by molar-refractivity contribution is -0.114. The van der Waals surface area contributed by atoms with E-state index in [2.05, 4.69) is 10.3 Å². The molecule has 5 nitrogen and oxygen atoms in total. The molecule has 1 aliphatic carbocycles. The van der Waals surface area contributed by atoms with Gasteiger partial charge in [-0.05, 0) is 5.92 Å². The third-order valence-electron chi connectivity index (χ3n) is 2.38. The number of hydrogen-bond acceptors (Lipinski definition) is 3. The molecular weight excluding hydrogens is 208 g/mol. The van der Waals surface area contributed by atoms with Gasteiger partial charge in [-0.3, -0.25) is 4.68 Å². The van der Waals surface area contributed by atoms with Gasteiger partial charge in [0.05, 0.1) is 6.20 Å². The van der Waals surface area contributed by atoms with Gasteiger partial charge in [-0.2, -0.15) is 0 Å². The van der Waals surface area contributed by atoms with Gasteiger partial charge in [0.2, 0.25) is 5.92 Å². The van der Waals surface area contributed by atoms with Crippen molar-refractivity contribution in [1.82, 2.24) is 15.0 Å². The van der Waals surface area contributed by atoms with Gasteiger partial charge < -0.3 is 5.11 Å². The van der Waals surface area contributed by atoms with E-state index in [0.717, 1.165) is 0 Å². The van der Waals surface area contributed by atoms with E-state index >= 15 is 0 Å². The molecule has 1 heterocycles. The minimum Gasteiger partial charge on any atom is -0.476 e. The Balaban J connectivity index is 1.92. The van der Waals surface area contributed by atoms with Crippen LogP contribution in [0.5, 0.6) is 0 Å². The van der Waals surface area contributed by atoms with Crippen LogP contribution in [0, 0.1) is 5.92 Å². The largest absolute Gasteiger partial charge is 0.476 e. The summed E-state index contributed by atoms with van der Waals surface area (Å²) in [4.78, 5) is 10.5. The van der Waals surface area contributed by atoms with Crippen molar-refractivity contribution in [2.24, 2.45) is 5.92 Å². The molecule has 0 atom stereocenters. The Hall–Kier alpha value is -1.53. The van der Waals surface area contributed by atoms with E-state index in [1.54, 1.807) is 0 Å². The highest BCUT2D eigenvalue weighted by Crippen LogP contribution is 2.42. The van der Waals surface area contributed by atoms with E-state index in [1.165, 1.54) is 10.9 Å². The van der Waals surface area contributed by atoms with Crippen molar-refractivity contribution < 1.29 is 18.7 Å². The zero-order valence-electron chi connectivity index (χ0n) is 7.73. The SMILES string of the molecule is O=C(O)c1cn(CC2CC(F)(F)C2)nn1. The number of hydrogen-bond donors (Lipinski definition) is 1. The molecule has 1 aromatic rings. The summed E-state index contributed by atoms with van der Waals surface area (Å²) in [5.74, 6) is -3.86. The van der Waals surface area contributed by atoms with E-state index in [1.807, 2.05) is 0 Å². The minimum absolute atomic E-state index is 0.136. The van der Waals surface area contributed by atoms with Crippen LogP contribution in [0.2, 0.25) is 0 Å². The maximum atomic E-state index is 12.5. The average Bonchev–Trinajstić information content (AvgIpc) is 2.49. The minimum atomic E-state index is -2.55. The number of carboxylic acid groups (broad SMARTS) is 1. The van der Waals surface area contributed by atoms with Crippen molar-refractivity contribution >= 4 is 5.97 Å². The van der Waals surface area contributed by atoms with E-state index in [4.69, 9.17) is 5.11 Å². The number of aromatic carboxylic acids is 1. The molecule has 7 heteroatoms. The smallest absolute Gasteiger partial charge is 0.358 e. The maximum Gasteiger partial charge on any atom is 0.358 e. The van der Waals surface area contributed by atoms with Gasteiger partial charge in [0.1, 0.15) is 0 Å². The number of halogens is 2. The second-order valence-corrected chi connectivity index (χ2v) is 3.76. The van der Waals surface area contributed by atoms with Crippen molar-refractivity contribution in [3.8, 4) is 0 Å². The van der Waals surface area contributed by atoms with E-state index in [-0.39, 0.29) is 24.5 Å². The van der Waals surface area contributed by atoms with E-state index < -0.39 is 11.9 Å². The van der Waals surface area contributed by atoms with Crippen molar-refractivity contribution in [2.75, 3.05) is 0 Å². The van der Waals surface area contributed by atoms with Crippen LogP contribution < -0.4 is 0 Å². The Morgan fingerprint density at radius 2 is 2.33 bits per heavy atom. The highest BCUT2D eigenvalue weighted by molar-refractivity contribution is 5.84. The van der Waals surface area contributed by atoms with Gasteiger partial charge >= 0.3 is 5.97 Å². The van der Waals surface area contributed by atoms with Gasteiger partial charge in [-0.15, -0.1) is 5.10 Å². The Bertz CT molecular complexity index is 383. The molecule has 0 spiro atoms. The summed E-state index contributed by atoms with van der Waals surface area (Å²) in [7, 11) is 0. The molecule has 0 amide bonds. The molecule has 0 aliphatic heterocycles. The first-order valence-electron chi connectivity index (χ1n) is 4.47. The maximum absolute atomic E-state index is 12.5. The first kappa shape index (κ1) is 10.0. The number of carboxylic acids is 1. The lowest BCUT2D eigenvalue weighted by Gasteiger charge is -2.34. The highest BCUT2D eigenvalue weighted by atomic mass is 19.3. The lowest BCUT2D eigenvalue weighted by Crippen LogP contribution is -2.37. The molecule has 15 heavy (non-hydrogen) atoms. The zero-order chi connectivity index (χ0) is 11.1. The van der Waals surface area contributed by atoms with Crippen LogP contribution in [0.4, 0.5) is 8.78 Å². The number of alkyl halides is 2. The highest BCUT2D eigenvalue weighted by Gasteiger charge is 2.45. The number of aromatic nitrogens is 3. The second-order valence-electron chi connectivity index (χ2n) is 3.76. The zero-order valence-corrected chi connectivity index (χ0v) is 7.73. The molecule has 1 aliphatic rings. The van der Waals surface area contributed by atoms with Crippen LogP contribution in [0.1, 0.15) is 23.3 Å². The average molecular weight is 217 g/mol. The third-order valence-corrected chi connectivity index (χ3v) is 2.38. The Morgan fingerprint density at radius 1 is 1.67 bits per heavy atom. The van der Waals surface area contributed by atoms with Crippen molar-refractivity contribution in [3.05, 3.63) is 11.9 Å². The van der Waals surface area contributed by atoms with E-state index in [0.29, 0.717) is 6.54 Å².